The summed E-state index contributed by atoms with van der Waals surface area (Å²) in [5, 5.41) is 11.5. The van der Waals surface area contributed by atoms with E-state index in [9.17, 15) is 0 Å². The minimum Gasteiger partial charge on any atom is -0.356 e. The second kappa shape index (κ2) is 2.44. The van der Waals surface area contributed by atoms with Crippen molar-refractivity contribution in [3.05, 3.63) is 0 Å². The average Bonchev–Trinajstić information content (AvgIpc) is 2.14. The molecule has 3 heteroatoms. The lowest BCUT2D eigenvalue weighted by Gasteiger charge is -2.02. The van der Waals surface area contributed by atoms with Crippen molar-refractivity contribution in [3.63, 3.8) is 0 Å². The SMILES string of the molecule is CC[C@@H]1COC(O)N1. The second-order valence-electron chi connectivity index (χ2n) is 1.96. The zero-order valence-corrected chi connectivity index (χ0v) is 4.92. The van der Waals surface area contributed by atoms with Gasteiger partial charge in [0.05, 0.1) is 6.61 Å². The van der Waals surface area contributed by atoms with Crippen molar-refractivity contribution in [1.29, 1.82) is 0 Å². The normalized spacial score (nSPS) is 38.2. The summed E-state index contributed by atoms with van der Waals surface area (Å²) in [6, 6.07) is 0.352. The van der Waals surface area contributed by atoms with E-state index in [2.05, 4.69) is 12.2 Å². The Hall–Kier alpha value is -0.120. The van der Waals surface area contributed by atoms with E-state index in [1.165, 1.54) is 0 Å². The Kier molecular flexibility index (Phi) is 1.83. The van der Waals surface area contributed by atoms with Crippen LogP contribution in [0.5, 0.6) is 0 Å². The maximum Gasteiger partial charge on any atom is 0.213 e. The standard InChI is InChI=1S/C5H11NO2/c1-2-4-3-8-5(7)6-4/h4-7H,2-3H2,1H3/t4-,5?/m1/s1. The van der Waals surface area contributed by atoms with Gasteiger partial charge in [-0.2, -0.15) is 0 Å². The fourth-order valence-electron chi connectivity index (χ4n) is 0.741. The molecule has 8 heavy (non-hydrogen) atoms. The molecule has 0 aromatic heterocycles. The van der Waals surface area contributed by atoms with Crippen LogP contribution >= 0.6 is 0 Å². The lowest BCUT2D eigenvalue weighted by atomic mass is 10.3. The van der Waals surface area contributed by atoms with Gasteiger partial charge in [0.2, 0.25) is 6.41 Å². The van der Waals surface area contributed by atoms with Crippen molar-refractivity contribution < 1.29 is 9.84 Å². The van der Waals surface area contributed by atoms with Crippen LogP contribution in [0.3, 0.4) is 0 Å². The molecule has 0 spiro atoms. The van der Waals surface area contributed by atoms with Crippen molar-refractivity contribution in [3.8, 4) is 0 Å². The Labute approximate surface area is 48.7 Å². The molecule has 1 heterocycles. The number of aliphatic hydroxyl groups excluding tert-OH is 1. The summed E-state index contributed by atoms with van der Waals surface area (Å²) < 4.78 is 4.80. The van der Waals surface area contributed by atoms with E-state index in [-0.39, 0.29) is 0 Å². The molecular formula is C5H11NO2. The third-order valence-corrected chi connectivity index (χ3v) is 1.33. The first-order valence-corrected chi connectivity index (χ1v) is 2.88. The molecule has 0 aliphatic carbocycles. The Bertz CT molecular complexity index is 76.8. The Morgan fingerprint density at radius 1 is 1.88 bits per heavy atom. The Morgan fingerprint density at radius 2 is 2.62 bits per heavy atom. The first-order valence-electron chi connectivity index (χ1n) is 2.88. The highest BCUT2D eigenvalue weighted by Crippen LogP contribution is 2.02. The number of nitrogens with one attached hydrogen (secondary N) is 1. The van der Waals surface area contributed by atoms with Crippen LogP contribution in [0.4, 0.5) is 0 Å². The molecule has 1 fully saturated rings. The predicted molar refractivity (Wildman–Crippen MR) is 29.2 cm³/mol. The zero-order chi connectivity index (χ0) is 5.98. The zero-order valence-electron chi connectivity index (χ0n) is 4.92. The Morgan fingerprint density at radius 3 is 2.88 bits per heavy atom. The summed E-state index contributed by atoms with van der Waals surface area (Å²) in [7, 11) is 0. The minimum atomic E-state index is -0.722. The molecular weight excluding hydrogens is 106 g/mol. The lowest BCUT2D eigenvalue weighted by Crippen LogP contribution is -2.29. The smallest absolute Gasteiger partial charge is 0.213 e. The number of ether oxygens (including phenoxy) is 1. The molecule has 0 saturated carbocycles. The van der Waals surface area contributed by atoms with E-state index in [0.29, 0.717) is 12.6 Å². The van der Waals surface area contributed by atoms with E-state index < -0.39 is 6.41 Å². The van der Waals surface area contributed by atoms with Crippen LogP contribution in [0.1, 0.15) is 13.3 Å². The first kappa shape index (κ1) is 6.01. The van der Waals surface area contributed by atoms with Crippen molar-refractivity contribution in [1.82, 2.24) is 5.32 Å². The maximum atomic E-state index is 8.70. The van der Waals surface area contributed by atoms with Crippen LogP contribution in [0.25, 0.3) is 0 Å². The van der Waals surface area contributed by atoms with Gasteiger partial charge in [-0.15, -0.1) is 0 Å². The number of rotatable bonds is 1. The van der Waals surface area contributed by atoms with Crippen molar-refractivity contribution >= 4 is 0 Å². The van der Waals surface area contributed by atoms with E-state index in [1.807, 2.05) is 0 Å². The molecule has 0 radical (unpaired) electrons. The molecule has 2 atom stereocenters. The molecule has 0 aromatic carbocycles. The highest BCUT2D eigenvalue weighted by molar-refractivity contribution is 4.67. The molecule has 0 amide bonds. The number of hydrogen-bond acceptors (Lipinski definition) is 3. The molecule has 1 unspecified atom stereocenters. The van der Waals surface area contributed by atoms with Gasteiger partial charge in [-0.3, -0.25) is 5.32 Å². The summed E-state index contributed by atoms with van der Waals surface area (Å²) in [4.78, 5) is 0. The lowest BCUT2D eigenvalue weighted by molar-refractivity contribution is -0.0719. The highest BCUT2D eigenvalue weighted by Gasteiger charge is 2.19. The quantitative estimate of drug-likeness (QED) is 0.493. The van der Waals surface area contributed by atoms with Gasteiger partial charge in [-0.1, -0.05) is 6.92 Å². The fraction of sp³-hybridized carbons (Fsp3) is 1.00. The summed E-state index contributed by atoms with van der Waals surface area (Å²) in [6.07, 6.45) is 0.289. The number of aliphatic hydroxyl groups is 1. The summed E-state index contributed by atoms with van der Waals surface area (Å²) in [5.74, 6) is 0. The predicted octanol–water partition coefficient (Wildman–Crippen LogP) is -0.339. The first-order chi connectivity index (χ1) is 3.83. The molecule has 0 bridgehead atoms. The molecule has 3 nitrogen and oxygen atoms in total. The van der Waals surface area contributed by atoms with E-state index in [1.54, 1.807) is 0 Å². The van der Waals surface area contributed by atoms with Crippen LogP contribution in [0, 0.1) is 0 Å². The maximum absolute atomic E-state index is 8.70. The van der Waals surface area contributed by atoms with Crippen LogP contribution < -0.4 is 5.32 Å². The van der Waals surface area contributed by atoms with Gasteiger partial charge >= 0.3 is 0 Å². The number of hydrogen-bond donors (Lipinski definition) is 2. The van der Waals surface area contributed by atoms with Crippen molar-refractivity contribution in [2.75, 3.05) is 6.61 Å². The molecule has 1 aliphatic rings. The molecule has 1 aliphatic heterocycles. The third kappa shape index (κ3) is 1.18. The minimum absolute atomic E-state index is 0.352. The van der Waals surface area contributed by atoms with Crippen molar-refractivity contribution in [2.24, 2.45) is 0 Å². The summed E-state index contributed by atoms with van der Waals surface area (Å²) >= 11 is 0. The van der Waals surface area contributed by atoms with E-state index in [4.69, 9.17) is 9.84 Å². The van der Waals surface area contributed by atoms with Crippen LogP contribution in [-0.2, 0) is 4.74 Å². The highest BCUT2D eigenvalue weighted by atomic mass is 16.6. The molecule has 48 valence electrons. The van der Waals surface area contributed by atoms with Crippen LogP contribution in [0.15, 0.2) is 0 Å². The second-order valence-corrected chi connectivity index (χ2v) is 1.96. The molecule has 2 N–H and O–H groups in total. The average molecular weight is 117 g/mol. The molecule has 0 aromatic rings. The Balaban J connectivity index is 2.22. The van der Waals surface area contributed by atoms with E-state index >= 15 is 0 Å². The molecule has 1 rings (SSSR count). The van der Waals surface area contributed by atoms with Gasteiger partial charge in [0.15, 0.2) is 0 Å². The van der Waals surface area contributed by atoms with E-state index in [0.717, 1.165) is 6.42 Å². The van der Waals surface area contributed by atoms with Gasteiger partial charge in [0, 0.05) is 6.04 Å². The monoisotopic (exact) mass is 117 g/mol. The largest absolute Gasteiger partial charge is 0.356 e. The van der Waals surface area contributed by atoms with Gasteiger partial charge in [0.25, 0.3) is 0 Å². The van der Waals surface area contributed by atoms with Crippen molar-refractivity contribution in [2.45, 2.75) is 25.8 Å². The summed E-state index contributed by atoms with van der Waals surface area (Å²) in [6.45, 7) is 2.69. The van der Waals surface area contributed by atoms with Crippen LogP contribution in [0.2, 0.25) is 0 Å². The third-order valence-electron chi connectivity index (χ3n) is 1.33. The van der Waals surface area contributed by atoms with Crippen LogP contribution in [-0.4, -0.2) is 24.2 Å². The summed E-state index contributed by atoms with van der Waals surface area (Å²) in [5.41, 5.74) is 0. The van der Waals surface area contributed by atoms with Gasteiger partial charge in [-0.25, -0.2) is 0 Å². The molecule has 1 saturated heterocycles. The van der Waals surface area contributed by atoms with Gasteiger partial charge < -0.3 is 9.84 Å². The van der Waals surface area contributed by atoms with Gasteiger partial charge in [0.1, 0.15) is 0 Å². The fourth-order valence-corrected chi connectivity index (χ4v) is 0.741. The van der Waals surface area contributed by atoms with Gasteiger partial charge in [-0.05, 0) is 6.42 Å². The topological polar surface area (TPSA) is 41.5 Å².